The van der Waals surface area contributed by atoms with Crippen molar-refractivity contribution in [2.24, 2.45) is 0 Å². The quantitative estimate of drug-likeness (QED) is 0.456. The minimum absolute atomic E-state index is 0.349. The van der Waals surface area contributed by atoms with Gasteiger partial charge in [-0.25, -0.2) is 4.79 Å². The van der Waals surface area contributed by atoms with E-state index >= 15 is 0 Å². The number of aromatic nitrogens is 1. The Labute approximate surface area is 164 Å². The van der Waals surface area contributed by atoms with Gasteiger partial charge in [-0.15, -0.1) is 0 Å². The van der Waals surface area contributed by atoms with Crippen LogP contribution in [0.4, 0.5) is 0 Å². The molecule has 0 amide bonds. The molecule has 0 atom stereocenters. The van der Waals surface area contributed by atoms with Crippen LogP contribution in [0.25, 0.3) is 16.9 Å². The lowest BCUT2D eigenvalue weighted by molar-refractivity contribution is 0.496. The Balaban J connectivity index is 1.78. The van der Waals surface area contributed by atoms with E-state index in [-0.39, 0.29) is 5.76 Å². The van der Waals surface area contributed by atoms with Crippen molar-refractivity contribution in [3.8, 4) is 11.3 Å². The summed E-state index contributed by atoms with van der Waals surface area (Å²) in [7, 11) is 0. The van der Waals surface area contributed by atoms with E-state index in [1.54, 1.807) is 4.57 Å². The molecule has 1 heterocycles. The van der Waals surface area contributed by atoms with Gasteiger partial charge in [-0.2, -0.15) is 0 Å². The summed E-state index contributed by atoms with van der Waals surface area (Å²) in [5, 5.41) is 0. The SMILES string of the molecule is C=C(Cc1c(-c2ccccc2)oc(=O)n1Cc1ccccc1)c1ccccc1. The number of benzene rings is 3. The highest BCUT2D eigenvalue weighted by atomic mass is 16.4. The Morgan fingerprint density at radius 2 is 1.39 bits per heavy atom. The topological polar surface area (TPSA) is 35.1 Å². The number of oxazole rings is 1. The predicted octanol–water partition coefficient (Wildman–Crippen LogP) is 5.41. The molecule has 0 saturated heterocycles. The first-order chi connectivity index (χ1) is 13.7. The fourth-order valence-electron chi connectivity index (χ4n) is 3.33. The van der Waals surface area contributed by atoms with E-state index in [1.807, 2.05) is 91.0 Å². The van der Waals surface area contributed by atoms with Crippen molar-refractivity contribution in [2.45, 2.75) is 13.0 Å². The van der Waals surface area contributed by atoms with Crippen molar-refractivity contribution in [3.05, 3.63) is 125 Å². The summed E-state index contributed by atoms with van der Waals surface area (Å²) in [6, 6.07) is 29.7. The second kappa shape index (κ2) is 7.97. The van der Waals surface area contributed by atoms with Crippen LogP contribution in [0.1, 0.15) is 16.8 Å². The first kappa shape index (κ1) is 17.8. The summed E-state index contributed by atoms with van der Waals surface area (Å²) in [4.78, 5) is 12.7. The standard InChI is InChI=1S/C25H21NO2/c1-19(21-13-7-3-8-14-21)17-23-24(22-15-9-4-10-16-22)28-25(27)26(23)18-20-11-5-2-6-12-20/h2-16H,1,17-18H2. The van der Waals surface area contributed by atoms with Gasteiger partial charge in [0.05, 0.1) is 12.2 Å². The van der Waals surface area contributed by atoms with Crippen molar-refractivity contribution >= 4 is 5.57 Å². The Morgan fingerprint density at radius 1 is 0.821 bits per heavy atom. The molecule has 3 aromatic carbocycles. The van der Waals surface area contributed by atoms with Crippen molar-refractivity contribution in [2.75, 3.05) is 0 Å². The lowest BCUT2D eigenvalue weighted by Gasteiger charge is -2.11. The molecule has 4 aromatic rings. The third-order valence-electron chi connectivity index (χ3n) is 4.78. The van der Waals surface area contributed by atoms with Crippen LogP contribution in [-0.2, 0) is 13.0 Å². The summed E-state index contributed by atoms with van der Waals surface area (Å²) >= 11 is 0. The van der Waals surface area contributed by atoms with Crippen molar-refractivity contribution in [3.63, 3.8) is 0 Å². The van der Waals surface area contributed by atoms with E-state index in [2.05, 4.69) is 6.58 Å². The zero-order chi connectivity index (χ0) is 19.3. The van der Waals surface area contributed by atoms with E-state index in [9.17, 15) is 4.79 Å². The van der Waals surface area contributed by atoms with Crippen molar-refractivity contribution < 1.29 is 4.42 Å². The van der Waals surface area contributed by atoms with E-state index in [0.717, 1.165) is 28.0 Å². The Hall–Kier alpha value is -3.59. The first-order valence-electron chi connectivity index (χ1n) is 9.27. The van der Waals surface area contributed by atoms with Gasteiger partial charge < -0.3 is 4.42 Å². The minimum Gasteiger partial charge on any atom is -0.407 e. The van der Waals surface area contributed by atoms with Gasteiger partial charge in [0.1, 0.15) is 0 Å². The fourth-order valence-corrected chi connectivity index (χ4v) is 3.33. The molecule has 4 rings (SSSR count). The molecular formula is C25H21NO2. The summed E-state index contributed by atoms with van der Waals surface area (Å²) in [5.74, 6) is 0.261. The molecule has 1 aromatic heterocycles. The summed E-state index contributed by atoms with van der Waals surface area (Å²) in [6.07, 6.45) is 0.535. The summed E-state index contributed by atoms with van der Waals surface area (Å²) < 4.78 is 7.42. The monoisotopic (exact) mass is 367 g/mol. The predicted molar refractivity (Wildman–Crippen MR) is 113 cm³/mol. The number of hydrogen-bond donors (Lipinski definition) is 0. The normalized spacial score (nSPS) is 10.7. The fraction of sp³-hybridized carbons (Fsp3) is 0.0800. The second-order valence-electron chi connectivity index (χ2n) is 6.73. The van der Waals surface area contributed by atoms with Gasteiger partial charge in [0.2, 0.25) is 0 Å². The molecule has 0 bridgehead atoms. The Bertz CT molecular complexity index is 1120. The highest BCUT2D eigenvalue weighted by Crippen LogP contribution is 2.28. The number of nitrogens with zero attached hydrogens (tertiary/aromatic N) is 1. The molecule has 3 nitrogen and oxygen atoms in total. The average Bonchev–Trinajstić information content (AvgIpc) is 3.05. The van der Waals surface area contributed by atoms with Crippen LogP contribution in [0, 0.1) is 0 Å². The van der Waals surface area contributed by atoms with Gasteiger partial charge >= 0.3 is 5.76 Å². The molecule has 0 fully saturated rings. The molecule has 0 radical (unpaired) electrons. The zero-order valence-corrected chi connectivity index (χ0v) is 15.5. The Kier molecular flexibility index (Phi) is 5.07. The van der Waals surface area contributed by atoms with Crippen LogP contribution in [0.2, 0.25) is 0 Å². The summed E-state index contributed by atoms with van der Waals surface area (Å²) in [5.41, 5.74) is 4.79. The smallest absolute Gasteiger partial charge is 0.407 e. The molecule has 28 heavy (non-hydrogen) atoms. The van der Waals surface area contributed by atoms with Gasteiger partial charge in [0.25, 0.3) is 0 Å². The maximum atomic E-state index is 12.7. The van der Waals surface area contributed by atoms with Crippen LogP contribution in [-0.4, -0.2) is 4.57 Å². The van der Waals surface area contributed by atoms with E-state index in [4.69, 9.17) is 4.42 Å². The molecule has 0 aliphatic carbocycles. The van der Waals surface area contributed by atoms with Gasteiger partial charge in [-0.3, -0.25) is 4.57 Å². The largest absolute Gasteiger partial charge is 0.420 e. The first-order valence-corrected chi connectivity index (χ1v) is 9.27. The zero-order valence-electron chi connectivity index (χ0n) is 15.5. The van der Waals surface area contributed by atoms with Crippen molar-refractivity contribution in [1.82, 2.24) is 4.57 Å². The minimum atomic E-state index is -0.349. The molecule has 0 aliphatic heterocycles. The van der Waals surface area contributed by atoms with E-state index in [0.29, 0.717) is 18.7 Å². The van der Waals surface area contributed by atoms with E-state index in [1.165, 1.54) is 0 Å². The molecule has 3 heteroatoms. The third kappa shape index (κ3) is 3.74. The number of rotatable bonds is 6. The highest BCUT2D eigenvalue weighted by molar-refractivity contribution is 5.69. The number of hydrogen-bond acceptors (Lipinski definition) is 2. The number of allylic oxidation sites excluding steroid dienone is 1. The molecule has 0 aliphatic rings. The third-order valence-corrected chi connectivity index (χ3v) is 4.78. The summed E-state index contributed by atoms with van der Waals surface area (Å²) in [6.45, 7) is 4.72. The maximum absolute atomic E-state index is 12.7. The molecule has 0 unspecified atom stereocenters. The van der Waals surface area contributed by atoms with E-state index < -0.39 is 0 Å². The second-order valence-corrected chi connectivity index (χ2v) is 6.73. The lowest BCUT2D eigenvalue weighted by atomic mass is 10.00. The van der Waals surface area contributed by atoms with Crippen molar-refractivity contribution in [1.29, 1.82) is 0 Å². The maximum Gasteiger partial charge on any atom is 0.420 e. The van der Waals surface area contributed by atoms with Gasteiger partial charge in [0, 0.05) is 12.0 Å². The van der Waals surface area contributed by atoms with Crippen LogP contribution < -0.4 is 5.76 Å². The molecular weight excluding hydrogens is 346 g/mol. The average molecular weight is 367 g/mol. The molecule has 0 spiro atoms. The molecule has 0 N–H and O–H groups in total. The molecule has 138 valence electrons. The van der Waals surface area contributed by atoms with Crippen LogP contribution in [0.15, 0.2) is 107 Å². The highest BCUT2D eigenvalue weighted by Gasteiger charge is 2.19. The lowest BCUT2D eigenvalue weighted by Crippen LogP contribution is -2.18. The van der Waals surface area contributed by atoms with Gasteiger partial charge in [-0.05, 0) is 16.7 Å². The van der Waals surface area contributed by atoms with Crippen LogP contribution in [0.3, 0.4) is 0 Å². The molecule has 0 saturated carbocycles. The Morgan fingerprint density at radius 3 is 2.04 bits per heavy atom. The van der Waals surface area contributed by atoms with Crippen LogP contribution in [0.5, 0.6) is 0 Å². The van der Waals surface area contributed by atoms with Crippen LogP contribution >= 0.6 is 0 Å². The van der Waals surface area contributed by atoms with Gasteiger partial charge in [-0.1, -0.05) is 97.6 Å². The van der Waals surface area contributed by atoms with Gasteiger partial charge in [0.15, 0.2) is 5.76 Å².